The van der Waals surface area contributed by atoms with Crippen LogP contribution in [0.2, 0.25) is 0 Å². The number of rotatable bonds is 3. The van der Waals surface area contributed by atoms with E-state index in [9.17, 15) is 0 Å². The van der Waals surface area contributed by atoms with Gasteiger partial charge in [0.25, 0.3) is 0 Å². The van der Waals surface area contributed by atoms with Gasteiger partial charge in [-0.25, -0.2) is 9.97 Å². The molecule has 0 saturated carbocycles. The molecule has 0 radical (unpaired) electrons. The lowest BCUT2D eigenvalue weighted by atomic mass is 10.2. The molecule has 110 valence electrons. The number of hydrogen-bond donors (Lipinski definition) is 1. The average Bonchev–Trinajstić information content (AvgIpc) is 2.51. The predicted octanol–water partition coefficient (Wildman–Crippen LogP) is 2.48. The Kier molecular flexibility index (Phi) is 3.94. The summed E-state index contributed by atoms with van der Waals surface area (Å²) in [6.45, 7) is 0.676. The van der Waals surface area contributed by atoms with E-state index in [1.807, 2.05) is 24.3 Å². The molecule has 0 bridgehead atoms. The molecule has 2 N–H and O–H groups in total. The Labute approximate surface area is 130 Å². The summed E-state index contributed by atoms with van der Waals surface area (Å²) in [7, 11) is 1.60. The molecular formula is C14H14BrN3O3. The van der Waals surface area contributed by atoms with Crippen LogP contribution in [0.3, 0.4) is 0 Å². The van der Waals surface area contributed by atoms with Crippen LogP contribution < -0.4 is 15.2 Å². The molecule has 7 heteroatoms. The number of methoxy groups -OCH3 is 1. The Bertz CT molecular complexity index is 666. The van der Waals surface area contributed by atoms with Gasteiger partial charge in [0.1, 0.15) is 12.4 Å². The van der Waals surface area contributed by atoms with Crippen LogP contribution in [-0.4, -0.2) is 23.7 Å². The molecule has 1 aromatic heterocycles. The largest absolute Gasteiger partial charge is 0.485 e. The third-order valence-corrected chi connectivity index (χ3v) is 3.90. The van der Waals surface area contributed by atoms with E-state index < -0.39 is 6.10 Å². The molecule has 21 heavy (non-hydrogen) atoms. The van der Waals surface area contributed by atoms with E-state index >= 15 is 0 Å². The molecule has 0 spiro atoms. The molecule has 3 rings (SSSR count). The van der Waals surface area contributed by atoms with Gasteiger partial charge in [-0.3, -0.25) is 0 Å². The Hall–Kier alpha value is -1.86. The van der Waals surface area contributed by atoms with Crippen molar-refractivity contribution in [2.75, 3.05) is 19.5 Å². The summed E-state index contributed by atoms with van der Waals surface area (Å²) in [6.07, 6.45) is -0.397. The van der Waals surface area contributed by atoms with Gasteiger partial charge in [-0.15, -0.1) is 0 Å². The molecule has 1 atom stereocenters. The summed E-state index contributed by atoms with van der Waals surface area (Å²) >= 11 is 3.36. The van der Waals surface area contributed by atoms with E-state index in [-0.39, 0.29) is 0 Å². The van der Waals surface area contributed by atoms with Crippen LogP contribution in [0.5, 0.6) is 11.5 Å². The Morgan fingerprint density at radius 2 is 2.10 bits per heavy atom. The highest BCUT2D eigenvalue weighted by molar-refractivity contribution is 9.10. The minimum absolute atomic E-state index is 0.338. The van der Waals surface area contributed by atoms with Crippen LogP contribution in [0.15, 0.2) is 28.7 Å². The zero-order valence-corrected chi connectivity index (χ0v) is 13.0. The number of benzene rings is 1. The highest BCUT2D eigenvalue weighted by atomic mass is 79.9. The van der Waals surface area contributed by atoms with E-state index in [2.05, 4.69) is 25.9 Å². The van der Waals surface area contributed by atoms with Gasteiger partial charge in [0, 0.05) is 7.11 Å². The topological polar surface area (TPSA) is 79.5 Å². The number of ether oxygens (including phenoxy) is 3. The molecule has 1 aliphatic rings. The summed E-state index contributed by atoms with van der Waals surface area (Å²) in [4.78, 5) is 8.72. The smallest absolute Gasteiger partial charge is 0.192 e. The molecule has 0 fully saturated rings. The Morgan fingerprint density at radius 1 is 1.33 bits per heavy atom. The fraction of sp³-hybridized carbons (Fsp3) is 0.286. The SMILES string of the molecule is COCc1nc(C2COc3ccccc3O2)nc(N)c1Br. The quantitative estimate of drug-likeness (QED) is 0.914. The molecule has 1 unspecified atom stereocenters. The van der Waals surface area contributed by atoms with E-state index in [4.69, 9.17) is 19.9 Å². The van der Waals surface area contributed by atoms with Gasteiger partial charge < -0.3 is 19.9 Å². The number of para-hydroxylation sites is 2. The second kappa shape index (κ2) is 5.87. The summed E-state index contributed by atoms with van der Waals surface area (Å²) in [5.74, 6) is 2.23. The van der Waals surface area contributed by atoms with Crippen LogP contribution in [0.25, 0.3) is 0 Å². The highest BCUT2D eigenvalue weighted by Crippen LogP contribution is 2.35. The fourth-order valence-electron chi connectivity index (χ4n) is 2.06. The van der Waals surface area contributed by atoms with Gasteiger partial charge in [0.15, 0.2) is 23.4 Å². The van der Waals surface area contributed by atoms with Crippen LogP contribution in [0.1, 0.15) is 17.6 Å². The van der Waals surface area contributed by atoms with Crippen LogP contribution in [-0.2, 0) is 11.3 Å². The molecule has 1 aliphatic heterocycles. The number of fused-ring (bicyclic) bond motifs is 1. The number of nitrogen functional groups attached to an aromatic ring is 1. The van der Waals surface area contributed by atoms with Gasteiger partial charge in [0.2, 0.25) is 0 Å². The second-order valence-corrected chi connectivity index (χ2v) is 5.32. The summed E-state index contributed by atoms with van der Waals surface area (Å²) in [5, 5.41) is 0. The third kappa shape index (κ3) is 2.79. The van der Waals surface area contributed by atoms with Gasteiger partial charge in [0.05, 0.1) is 16.8 Å². The normalized spacial score (nSPS) is 16.8. The zero-order chi connectivity index (χ0) is 14.8. The van der Waals surface area contributed by atoms with E-state index in [1.165, 1.54) is 0 Å². The van der Waals surface area contributed by atoms with E-state index in [0.717, 1.165) is 5.75 Å². The molecule has 0 saturated heterocycles. The zero-order valence-electron chi connectivity index (χ0n) is 11.4. The molecule has 1 aromatic carbocycles. The molecule has 2 heterocycles. The number of nitrogens with zero attached hydrogens (tertiary/aromatic N) is 2. The van der Waals surface area contributed by atoms with Gasteiger partial charge >= 0.3 is 0 Å². The van der Waals surface area contributed by atoms with Crippen LogP contribution in [0, 0.1) is 0 Å². The molecule has 2 aromatic rings. The summed E-state index contributed by atoms with van der Waals surface area (Å²) in [6, 6.07) is 7.49. The van der Waals surface area contributed by atoms with Crippen molar-refractivity contribution < 1.29 is 14.2 Å². The summed E-state index contributed by atoms with van der Waals surface area (Å²) in [5.41, 5.74) is 6.59. The molecule has 6 nitrogen and oxygen atoms in total. The van der Waals surface area contributed by atoms with E-state index in [1.54, 1.807) is 7.11 Å². The first-order valence-electron chi connectivity index (χ1n) is 6.38. The van der Waals surface area contributed by atoms with Gasteiger partial charge in [-0.2, -0.15) is 0 Å². The van der Waals surface area contributed by atoms with Crippen molar-refractivity contribution in [3.63, 3.8) is 0 Å². The minimum atomic E-state index is -0.397. The van der Waals surface area contributed by atoms with Gasteiger partial charge in [-0.1, -0.05) is 12.1 Å². The second-order valence-electron chi connectivity index (χ2n) is 4.52. The van der Waals surface area contributed by atoms with Crippen molar-refractivity contribution in [1.29, 1.82) is 0 Å². The number of halogens is 1. The van der Waals surface area contributed by atoms with Crippen molar-refractivity contribution >= 4 is 21.7 Å². The van der Waals surface area contributed by atoms with E-state index in [0.29, 0.717) is 40.8 Å². The lowest BCUT2D eigenvalue weighted by Crippen LogP contribution is -2.24. The maximum atomic E-state index is 5.90. The monoisotopic (exact) mass is 351 g/mol. The van der Waals surface area contributed by atoms with Crippen molar-refractivity contribution in [2.45, 2.75) is 12.7 Å². The standard InChI is InChI=1S/C14H14BrN3O3/c1-19-6-8-12(15)13(16)18-14(17-8)11-7-20-9-4-2-3-5-10(9)21-11/h2-5,11H,6-7H2,1H3,(H2,16,17,18). The van der Waals surface area contributed by atoms with Crippen molar-refractivity contribution in [3.05, 3.63) is 40.3 Å². The van der Waals surface area contributed by atoms with Crippen molar-refractivity contribution in [3.8, 4) is 11.5 Å². The first-order valence-corrected chi connectivity index (χ1v) is 7.17. The van der Waals surface area contributed by atoms with Gasteiger partial charge in [-0.05, 0) is 28.1 Å². The highest BCUT2D eigenvalue weighted by Gasteiger charge is 2.26. The summed E-state index contributed by atoms with van der Waals surface area (Å²) < 4.78 is 17.3. The van der Waals surface area contributed by atoms with Crippen LogP contribution >= 0.6 is 15.9 Å². The molecule has 0 amide bonds. The molecule has 0 aliphatic carbocycles. The maximum absolute atomic E-state index is 5.90. The minimum Gasteiger partial charge on any atom is -0.485 e. The first kappa shape index (κ1) is 14.1. The Balaban J connectivity index is 1.91. The number of aromatic nitrogens is 2. The van der Waals surface area contributed by atoms with Crippen molar-refractivity contribution in [2.24, 2.45) is 0 Å². The number of anilines is 1. The predicted molar refractivity (Wildman–Crippen MR) is 80.2 cm³/mol. The molecular weight excluding hydrogens is 338 g/mol. The van der Waals surface area contributed by atoms with Crippen molar-refractivity contribution in [1.82, 2.24) is 9.97 Å². The van der Waals surface area contributed by atoms with Crippen LogP contribution in [0.4, 0.5) is 5.82 Å². The average molecular weight is 352 g/mol. The number of nitrogens with two attached hydrogens (primary N) is 1. The number of hydrogen-bond acceptors (Lipinski definition) is 6. The Morgan fingerprint density at radius 3 is 2.86 bits per heavy atom. The third-order valence-electron chi connectivity index (χ3n) is 3.04. The fourth-order valence-corrected chi connectivity index (χ4v) is 2.35. The first-order chi connectivity index (χ1) is 10.2. The lowest BCUT2D eigenvalue weighted by Gasteiger charge is -2.25. The lowest BCUT2D eigenvalue weighted by molar-refractivity contribution is 0.0844. The maximum Gasteiger partial charge on any atom is 0.192 e.